The SMILES string of the molecule is CCCSc1nccc(C=O)n1. The third-order valence-electron chi connectivity index (χ3n) is 1.21. The Balaban J connectivity index is 2.66. The van der Waals surface area contributed by atoms with E-state index in [1.54, 1.807) is 24.0 Å². The second-order valence-corrected chi connectivity index (χ2v) is 3.29. The molecule has 0 aromatic carbocycles. The number of hydrogen-bond acceptors (Lipinski definition) is 4. The van der Waals surface area contributed by atoms with Crippen molar-refractivity contribution in [3.05, 3.63) is 18.0 Å². The van der Waals surface area contributed by atoms with E-state index in [0.29, 0.717) is 10.9 Å². The van der Waals surface area contributed by atoms with Gasteiger partial charge in [-0.25, -0.2) is 9.97 Å². The Morgan fingerprint density at radius 3 is 3.17 bits per heavy atom. The van der Waals surface area contributed by atoms with Crippen LogP contribution >= 0.6 is 11.8 Å². The third kappa shape index (κ3) is 2.62. The quantitative estimate of drug-likeness (QED) is 0.404. The average Bonchev–Trinajstić information content (AvgIpc) is 2.15. The lowest BCUT2D eigenvalue weighted by Crippen LogP contribution is -1.91. The molecule has 0 spiro atoms. The van der Waals surface area contributed by atoms with Gasteiger partial charge in [0.05, 0.1) is 0 Å². The summed E-state index contributed by atoms with van der Waals surface area (Å²) in [7, 11) is 0. The maximum atomic E-state index is 10.3. The average molecular weight is 182 g/mol. The van der Waals surface area contributed by atoms with Crippen LogP contribution < -0.4 is 0 Å². The molecule has 3 nitrogen and oxygen atoms in total. The van der Waals surface area contributed by atoms with E-state index in [2.05, 4.69) is 16.9 Å². The van der Waals surface area contributed by atoms with E-state index in [0.717, 1.165) is 18.5 Å². The van der Waals surface area contributed by atoms with Crippen molar-refractivity contribution in [1.29, 1.82) is 0 Å². The van der Waals surface area contributed by atoms with Crippen LogP contribution in [0, 0.1) is 0 Å². The number of carbonyl (C=O) groups excluding carboxylic acids is 1. The summed E-state index contributed by atoms with van der Waals surface area (Å²) in [4.78, 5) is 18.4. The van der Waals surface area contributed by atoms with Crippen molar-refractivity contribution in [3.63, 3.8) is 0 Å². The van der Waals surface area contributed by atoms with Crippen LogP contribution in [0.4, 0.5) is 0 Å². The number of aldehydes is 1. The van der Waals surface area contributed by atoms with E-state index < -0.39 is 0 Å². The van der Waals surface area contributed by atoms with Gasteiger partial charge in [0.25, 0.3) is 0 Å². The molecule has 1 heterocycles. The van der Waals surface area contributed by atoms with Crippen molar-refractivity contribution in [1.82, 2.24) is 9.97 Å². The lowest BCUT2D eigenvalue weighted by molar-refractivity contribution is 0.111. The zero-order chi connectivity index (χ0) is 8.81. The lowest BCUT2D eigenvalue weighted by atomic mass is 10.5. The highest BCUT2D eigenvalue weighted by molar-refractivity contribution is 7.99. The Morgan fingerprint density at radius 1 is 1.67 bits per heavy atom. The van der Waals surface area contributed by atoms with Gasteiger partial charge in [-0.05, 0) is 12.5 Å². The van der Waals surface area contributed by atoms with Gasteiger partial charge in [-0.15, -0.1) is 0 Å². The maximum Gasteiger partial charge on any atom is 0.188 e. The number of thioether (sulfide) groups is 1. The molecule has 0 N–H and O–H groups in total. The van der Waals surface area contributed by atoms with Crippen LogP contribution in [0.25, 0.3) is 0 Å². The molecule has 0 unspecified atom stereocenters. The molecular weight excluding hydrogens is 172 g/mol. The predicted octanol–water partition coefficient (Wildman–Crippen LogP) is 1.79. The zero-order valence-electron chi connectivity index (χ0n) is 6.86. The highest BCUT2D eigenvalue weighted by atomic mass is 32.2. The summed E-state index contributed by atoms with van der Waals surface area (Å²) in [6.07, 6.45) is 3.42. The molecule has 0 radical (unpaired) electrons. The first-order chi connectivity index (χ1) is 5.86. The molecule has 0 fully saturated rings. The van der Waals surface area contributed by atoms with Crippen molar-refractivity contribution in [2.24, 2.45) is 0 Å². The largest absolute Gasteiger partial charge is 0.296 e. The monoisotopic (exact) mass is 182 g/mol. The predicted molar refractivity (Wildman–Crippen MR) is 48.4 cm³/mol. The summed E-state index contributed by atoms with van der Waals surface area (Å²) in [5, 5.41) is 0.682. The highest BCUT2D eigenvalue weighted by Crippen LogP contribution is 2.12. The van der Waals surface area contributed by atoms with Crippen LogP contribution in [0.1, 0.15) is 23.8 Å². The summed E-state index contributed by atoms with van der Waals surface area (Å²) < 4.78 is 0. The molecule has 4 heteroatoms. The van der Waals surface area contributed by atoms with Crippen molar-refractivity contribution >= 4 is 18.0 Å². The van der Waals surface area contributed by atoms with E-state index in [4.69, 9.17) is 0 Å². The molecule has 0 saturated heterocycles. The molecule has 0 saturated carbocycles. The fourth-order valence-electron chi connectivity index (χ4n) is 0.682. The first-order valence-electron chi connectivity index (χ1n) is 3.78. The Labute approximate surface area is 75.6 Å². The summed E-state index contributed by atoms with van der Waals surface area (Å²) in [6.45, 7) is 2.09. The third-order valence-corrected chi connectivity index (χ3v) is 2.28. The molecule has 64 valence electrons. The van der Waals surface area contributed by atoms with Gasteiger partial charge in [0, 0.05) is 11.9 Å². The van der Waals surface area contributed by atoms with E-state index in [-0.39, 0.29) is 0 Å². The van der Waals surface area contributed by atoms with Crippen LogP contribution in [-0.4, -0.2) is 22.0 Å². The van der Waals surface area contributed by atoms with E-state index >= 15 is 0 Å². The topological polar surface area (TPSA) is 42.9 Å². The van der Waals surface area contributed by atoms with E-state index in [1.165, 1.54) is 0 Å². The number of carbonyl (C=O) groups is 1. The Morgan fingerprint density at radius 2 is 2.50 bits per heavy atom. The summed E-state index contributed by atoms with van der Waals surface area (Å²) >= 11 is 1.57. The first-order valence-corrected chi connectivity index (χ1v) is 4.76. The zero-order valence-corrected chi connectivity index (χ0v) is 7.67. The molecule has 1 aromatic rings. The standard InChI is InChI=1S/C8H10N2OS/c1-2-5-12-8-9-4-3-7(6-11)10-8/h3-4,6H,2,5H2,1H3. The van der Waals surface area contributed by atoms with Gasteiger partial charge in [-0.2, -0.15) is 0 Å². The van der Waals surface area contributed by atoms with Crippen LogP contribution in [-0.2, 0) is 0 Å². The number of hydrogen-bond donors (Lipinski definition) is 0. The molecule has 0 aliphatic heterocycles. The van der Waals surface area contributed by atoms with Crippen molar-refractivity contribution in [3.8, 4) is 0 Å². The number of aromatic nitrogens is 2. The molecule has 0 atom stereocenters. The molecule has 0 aliphatic carbocycles. The van der Waals surface area contributed by atoms with Crippen molar-refractivity contribution in [2.45, 2.75) is 18.5 Å². The minimum atomic E-state index is 0.448. The van der Waals surface area contributed by atoms with E-state index in [9.17, 15) is 4.79 Å². The van der Waals surface area contributed by atoms with Gasteiger partial charge >= 0.3 is 0 Å². The summed E-state index contributed by atoms with van der Waals surface area (Å²) in [6, 6.07) is 1.60. The van der Waals surface area contributed by atoms with Crippen LogP contribution in [0.15, 0.2) is 17.4 Å². The summed E-state index contributed by atoms with van der Waals surface area (Å²) in [5.74, 6) is 0.988. The normalized spacial score (nSPS) is 9.75. The second-order valence-electron chi connectivity index (χ2n) is 2.23. The Kier molecular flexibility index (Phi) is 3.73. The Hall–Kier alpha value is -0.900. The smallest absolute Gasteiger partial charge is 0.188 e. The van der Waals surface area contributed by atoms with Gasteiger partial charge in [-0.3, -0.25) is 4.79 Å². The molecule has 0 aliphatic rings. The highest BCUT2D eigenvalue weighted by Gasteiger charge is 1.97. The molecule has 1 aromatic heterocycles. The minimum Gasteiger partial charge on any atom is -0.296 e. The number of nitrogens with zero attached hydrogens (tertiary/aromatic N) is 2. The lowest BCUT2D eigenvalue weighted by Gasteiger charge is -1.96. The van der Waals surface area contributed by atoms with Crippen LogP contribution in [0.2, 0.25) is 0 Å². The fourth-order valence-corrected chi connectivity index (χ4v) is 1.37. The Bertz CT molecular complexity index is 265. The minimum absolute atomic E-state index is 0.448. The molecule has 0 bridgehead atoms. The van der Waals surface area contributed by atoms with Crippen LogP contribution in [0.5, 0.6) is 0 Å². The molecule has 1 rings (SSSR count). The van der Waals surface area contributed by atoms with Gasteiger partial charge < -0.3 is 0 Å². The fraction of sp³-hybridized carbons (Fsp3) is 0.375. The first kappa shape index (κ1) is 9.19. The molecular formula is C8H10N2OS. The molecule has 0 amide bonds. The maximum absolute atomic E-state index is 10.3. The van der Waals surface area contributed by atoms with E-state index in [1.807, 2.05) is 0 Å². The van der Waals surface area contributed by atoms with Gasteiger partial charge in [0.2, 0.25) is 0 Å². The second kappa shape index (κ2) is 4.87. The van der Waals surface area contributed by atoms with Crippen LogP contribution in [0.3, 0.4) is 0 Å². The van der Waals surface area contributed by atoms with Crippen molar-refractivity contribution in [2.75, 3.05) is 5.75 Å². The van der Waals surface area contributed by atoms with Gasteiger partial charge in [0.15, 0.2) is 11.4 Å². The number of rotatable bonds is 4. The molecule has 12 heavy (non-hydrogen) atoms. The summed E-state index contributed by atoms with van der Waals surface area (Å²) in [5.41, 5.74) is 0.448. The van der Waals surface area contributed by atoms with Gasteiger partial charge in [0.1, 0.15) is 5.69 Å². The van der Waals surface area contributed by atoms with Gasteiger partial charge in [-0.1, -0.05) is 18.7 Å². The van der Waals surface area contributed by atoms with Crippen molar-refractivity contribution < 1.29 is 4.79 Å².